The first-order valence-corrected chi connectivity index (χ1v) is 4.97. The normalized spacial score (nSPS) is 10.6. The van der Waals surface area contributed by atoms with Crippen LogP contribution in [0.3, 0.4) is 0 Å². The van der Waals surface area contributed by atoms with Crippen LogP contribution in [0.5, 0.6) is 5.75 Å². The molecular weight excluding hydrogens is 288 g/mol. The molecule has 0 atom stereocenters. The van der Waals surface area contributed by atoms with E-state index in [0.717, 1.165) is 12.1 Å². The molecule has 2 N–H and O–H groups in total. The van der Waals surface area contributed by atoms with Crippen LogP contribution in [-0.2, 0) is 0 Å². The van der Waals surface area contributed by atoms with Crippen LogP contribution in [0, 0.1) is 0 Å². The van der Waals surface area contributed by atoms with E-state index in [1.807, 2.05) is 0 Å². The van der Waals surface area contributed by atoms with Crippen molar-refractivity contribution in [3.8, 4) is 5.75 Å². The van der Waals surface area contributed by atoms with Crippen LogP contribution in [0.4, 0.5) is 18.9 Å². The molecule has 0 saturated carbocycles. The first-order valence-electron chi connectivity index (χ1n) is 4.97. The van der Waals surface area contributed by atoms with Crippen molar-refractivity contribution in [2.75, 3.05) is 5.32 Å². The number of aromatic nitrogens is 3. The minimum atomic E-state index is -4.74. The molecule has 101 valence electrons. The molecule has 1 heterocycles. The second-order valence-electron chi connectivity index (χ2n) is 3.38. The van der Waals surface area contributed by atoms with Crippen molar-refractivity contribution in [2.45, 2.75) is 6.36 Å². The number of hydrogen-bond acceptors (Lipinski definition) is 4. The van der Waals surface area contributed by atoms with Crippen molar-refractivity contribution < 1.29 is 22.7 Å². The summed E-state index contributed by atoms with van der Waals surface area (Å²) in [4.78, 5) is 11.5. The summed E-state index contributed by atoms with van der Waals surface area (Å²) in [5.41, 5.74) is 0.373. The van der Waals surface area contributed by atoms with E-state index in [2.05, 4.69) is 25.5 Å². The number of hydrogen-bond donors (Lipinski definition) is 2. The molecule has 0 unspecified atom stereocenters. The smallest absolute Gasteiger partial charge is 0.406 e. The monoisotopic (exact) mass is 295 g/mol. The van der Waals surface area contributed by atoms with Crippen molar-refractivity contribution in [3.05, 3.63) is 36.2 Å². The van der Waals surface area contributed by atoms with Gasteiger partial charge in [0.25, 0.3) is 5.91 Å². The van der Waals surface area contributed by atoms with Gasteiger partial charge in [0, 0.05) is 35.2 Å². The number of rotatable bonds is 3. The van der Waals surface area contributed by atoms with Gasteiger partial charge in [-0.15, -0.1) is 13.2 Å². The molecule has 1 radical (unpaired) electrons. The summed E-state index contributed by atoms with van der Waals surface area (Å²) in [5.74, 6) is -0.898. The summed E-state index contributed by atoms with van der Waals surface area (Å²) in [6, 6.07) is 4.73. The van der Waals surface area contributed by atoms with E-state index < -0.39 is 12.3 Å². The Bertz CT molecular complexity index is 557. The predicted octanol–water partition coefficient (Wildman–Crippen LogP) is 1.57. The molecule has 1 aromatic carbocycles. The molecule has 10 heteroatoms. The van der Waals surface area contributed by atoms with Gasteiger partial charge in [-0.1, -0.05) is 0 Å². The van der Waals surface area contributed by atoms with Crippen molar-refractivity contribution in [3.63, 3.8) is 0 Å². The number of nitrogens with one attached hydrogen (secondary N) is 2. The summed E-state index contributed by atoms with van der Waals surface area (Å²) in [5, 5.41) is 11.7. The minimum Gasteiger partial charge on any atom is -0.406 e. The molecule has 0 bridgehead atoms. The average molecular weight is 295 g/mol. The number of aromatic amines is 1. The molecule has 0 saturated heterocycles. The number of carbonyl (C=O) groups is 1. The van der Waals surface area contributed by atoms with E-state index in [-0.39, 0.29) is 41.0 Å². The molecule has 20 heavy (non-hydrogen) atoms. The molecule has 0 aliphatic carbocycles. The van der Waals surface area contributed by atoms with Crippen LogP contribution >= 0.6 is 0 Å². The second kappa shape index (κ2) is 6.73. The fourth-order valence-electron chi connectivity index (χ4n) is 1.25. The molecule has 6 nitrogen and oxygen atoms in total. The van der Waals surface area contributed by atoms with E-state index in [1.54, 1.807) is 0 Å². The first-order chi connectivity index (χ1) is 8.94. The van der Waals surface area contributed by atoms with Gasteiger partial charge in [-0.05, 0) is 24.3 Å². The molecule has 0 spiro atoms. The fraction of sp³-hybridized carbons (Fsp3) is 0.100. The predicted molar refractivity (Wildman–Crippen MR) is 63.2 cm³/mol. The standard InChI is InChI=1S/C10H7F3N4O2.Na/c11-10(12,13)19-7-3-1-6(2-4-7)15-9(18)8-5-14-17-16-8;/h1-5H,(H,15,18)(H,14,16,17);. The SMILES string of the molecule is O=C(Nc1ccc(OC(F)(F)F)cc1)c1cn[nH]n1.[Na]. The first kappa shape index (κ1) is 16.5. The van der Waals surface area contributed by atoms with Crippen LogP contribution in [0.2, 0.25) is 0 Å². The number of halogens is 3. The minimum absolute atomic E-state index is 0. The third kappa shape index (κ3) is 4.83. The number of nitrogens with zero attached hydrogens (tertiary/aromatic N) is 2. The Labute approximate surface area is 133 Å². The fourth-order valence-corrected chi connectivity index (χ4v) is 1.25. The quantitative estimate of drug-likeness (QED) is 0.842. The van der Waals surface area contributed by atoms with Gasteiger partial charge in [0.15, 0.2) is 5.69 Å². The largest absolute Gasteiger partial charge is 0.573 e. The molecule has 1 amide bonds. The number of alkyl halides is 3. The summed E-state index contributed by atoms with van der Waals surface area (Å²) in [7, 11) is 0. The van der Waals surface area contributed by atoms with Gasteiger partial charge in [0.1, 0.15) is 5.75 Å². The molecule has 0 fully saturated rings. The third-order valence-electron chi connectivity index (χ3n) is 1.99. The number of H-pyrrole nitrogens is 1. The van der Waals surface area contributed by atoms with Crippen LogP contribution in [-0.4, -0.2) is 57.2 Å². The Morgan fingerprint density at radius 2 is 1.90 bits per heavy atom. The van der Waals surface area contributed by atoms with Gasteiger partial charge in [0.05, 0.1) is 6.20 Å². The van der Waals surface area contributed by atoms with Gasteiger partial charge < -0.3 is 10.1 Å². The van der Waals surface area contributed by atoms with E-state index in [0.29, 0.717) is 5.69 Å². The third-order valence-corrected chi connectivity index (χ3v) is 1.99. The van der Waals surface area contributed by atoms with E-state index in [9.17, 15) is 18.0 Å². The number of carbonyl (C=O) groups excluding carboxylic acids is 1. The Balaban J connectivity index is 0.00000200. The Morgan fingerprint density at radius 3 is 2.40 bits per heavy atom. The van der Waals surface area contributed by atoms with Gasteiger partial charge in [0.2, 0.25) is 0 Å². The summed E-state index contributed by atoms with van der Waals surface area (Å²) < 4.78 is 39.5. The number of anilines is 1. The van der Waals surface area contributed by atoms with Crippen LogP contribution in [0.15, 0.2) is 30.5 Å². The Morgan fingerprint density at radius 1 is 1.25 bits per heavy atom. The zero-order valence-corrected chi connectivity index (χ0v) is 12.2. The van der Waals surface area contributed by atoms with Gasteiger partial charge >= 0.3 is 6.36 Å². The number of benzene rings is 1. The van der Waals surface area contributed by atoms with Gasteiger partial charge in [-0.2, -0.15) is 15.4 Å². The maximum atomic E-state index is 11.9. The molecule has 1 aromatic heterocycles. The maximum absolute atomic E-state index is 11.9. The summed E-state index contributed by atoms with van der Waals surface area (Å²) >= 11 is 0. The molecule has 2 aromatic rings. The van der Waals surface area contributed by atoms with E-state index in [4.69, 9.17) is 0 Å². The number of ether oxygens (including phenoxy) is 1. The van der Waals surface area contributed by atoms with Crippen LogP contribution in [0.1, 0.15) is 10.5 Å². The molecular formula is C10H7F3N4NaO2. The summed E-state index contributed by atoms with van der Waals surface area (Å²) in [6.07, 6.45) is -3.53. The van der Waals surface area contributed by atoms with Crippen LogP contribution in [0.25, 0.3) is 0 Å². The van der Waals surface area contributed by atoms with Crippen molar-refractivity contribution >= 4 is 41.2 Å². The average Bonchev–Trinajstić information content (AvgIpc) is 2.83. The molecule has 0 aliphatic rings. The zero-order valence-electron chi connectivity index (χ0n) is 10.2. The molecule has 2 rings (SSSR count). The Hall–Kier alpha value is -1.58. The summed E-state index contributed by atoms with van der Waals surface area (Å²) in [6.45, 7) is 0. The van der Waals surface area contributed by atoms with E-state index in [1.165, 1.54) is 18.3 Å². The van der Waals surface area contributed by atoms with Gasteiger partial charge in [-0.3, -0.25) is 4.79 Å². The van der Waals surface area contributed by atoms with Crippen molar-refractivity contribution in [2.24, 2.45) is 0 Å². The van der Waals surface area contributed by atoms with Crippen molar-refractivity contribution in [1.82, 2.24) is 15.4 Å². The molecule has 0 aliphatic heterocycles. The number of amides is 1. The van der Waals surface area contributed by atoms with Crippen molar-refractivity contribution in [1.29, 1.82) is 0 Å². The van der Waals surface area contributed by atoms with Gasteiger partial charge in [-0.25, -0.2) is 0 Å². The Kier molecular flexibility index (Phi) is 5.54. The van der Waals surface area contributed by atoms with E-state index >= 15 is 0 Å². The topological polar surface area (TPSA) is 79.9 Å². The second-order valence-corrected chi connectivity index (χ2v) is 3.38. The zero-order chi connectivity index (χ0) is 13.9. The maximum Gasteiger partial charge on any atom is 0.573 e. The van der Waals surface area contributed by atoms with Crippen LogP contribution < -0.4 is 10.1 Å².